The molecule has 0 fully saturated rings. The first kappa shape index (κ1) is 13.6. The monoisotopic (exact) mass is 281 g/mol. The van der Waals surface area contributed by atoms with Crippen LogP contribution in [0, 0.1) is 6.92 Å². The van der Waals surface area contributed by atoms with Gasteiger partial charge in [0.25, 0.3) is 0 Å². The first-order valence-corrected chi connectivity index (χ1v) is 7.11. The Kier molecular flexibility index (Phi) is 3.88. The van der Waals surface area contributed by atoms with Gasteiger partial charge in [0.05, 0.1) is 17.9 Å². The number of aryl methyl sites for hydroxylation is 1. The quantitative estimate of drug-likeness (QED) is 0.776. The van der Waals surface area contributed by atoms with Crippen molar-refractivity contribution in [2.75, 3.05) is 0 Å². The first-order valence-electron chi connectivity index (χ1n) is 7.11. The minimum Gasteiger partial charge on any atom is -0.465 e. The molecule has 1 atom stereocenters. The molecule has 4 heteroatoms. The number of hydrogen-bond acceptors (Lipinski definition) is 3. The molecule has 2 heterocycles. The molecule has 21 heavy (non-hydrogen) atoms. The lowest BCUT2D eigenvalue weighted by molar-refractivity contribution is 0.416. The summed E-state index contributed by atoms with van der Waals surface area (Å²) < 4.78 is 7.51. The summed E-state index contributed by atoms with van der Waals surface area (Å²) in [7, 11) is 0. The molecule has 0 aliphatic heterocycles. The molecule has 0 radical (unpaired) electrons. The summed E-state index contributed by atoms with van der Waals surface area (Å²) in [5, 5.41) is 7.84. The summed E-state index contributed by atoms with van der Waals surface area (Å²) in [6.45, 7) is 4.81. The summed E-state index contributed by atoms with van der Waals surface area (Å²) in [5.74, 6) is 1.90. The Hall–Kier alpha value is -2.33. The van der Waals surface area contributed by atoms with Crippen molar-refractivity contribution < 1.29 is 4.42 Å². The van der Waals surface area contributed by atoms with E-state index in [2.05, 4.69) is 17.3 Å². The number of para-hydroxylation sites is 1. The zero-order chi connectivity index (χ0) is 14.7. The molecule has 0 amide bonds. The van der Waals surface area contributed by atoms with E-state index in [0.29, 0.717) is 0 Å². The molecule has 0 aliphatic rings. The van der Waals surface area contributed by atoms with Gasteiger partial charge >= 0.3 is 0 Å². The second-order valence-corrected chi connectivity index (χ2v) is 5.18. The smallest absolute Gasteiger partial charge is 0.120 e. The molecule has 0 bridgehead atoms. The maximum absolute atomic E-state index is 5.62. The molecular weight excluding hydrogens is 262 g/mol. The van der Waals surface area contributed by atoms with Crippen molar-refractivity contribution in [3.63, 3.8) is 0 Å². The Morgan fingerprint density at radius 3 is 2.71 bits per heavy atom. The van der Waals surface area contributed by atoms with E-state index in [1.807, 2.05) is 66.5 Å². The highest BCUT2D eigenvalue weighted by Gasteiger charge is 2.09. The van der Waals surface area contributed by atoms with Crippen LogP contribution in [0.2, 0.25) is 0 Å². The van der Waals surface area contributed by atoms with Gasteiger partial charge < -0.3 is 9.73 Å². The molecule has 0 saturated heterocycles. The molecule has 1 aromatic carbocycles. The Morgan fingerprint density at radius 2 is 2.00 bits per heavy atom. The van der Waals surface area contributed by atoms with E-state index in [0.717, 1.165) is 29.3 Å². The van der Waals surface area contributed by atoms with Gasteiger partial charge in [0.2, 0.25) is 0 Å². The highest BCUT2D eigenvalue weighted by molar-refractivity contribution is 5.30. The van der Waals surface area contributed by atoms with Crippen LogP contribution in [0.5, 0.6) is 0 Å². The van der Waals surface area contributed by atoms with E-state index in [9.17, 15) is 0 Å². The maximum Gasteiger partial charge on any atom is 0.120 e. The van der Waals surface area contributed by atoms with E-state index < -0.39 is 0 Å². The zero-order valence-corrected chi connectivity index (χ0v) is 12.3. The Labute approximate surface area is 124 Å². The lowest BCUT2D eigenvalue weighted by Gasteiger charge is -2.10. The van der Waals surface area contributed by atoms with Gasteiger partial charge in [0.1, 0.15) is 11.5 Å². The van der Waals surface area contributed by atoms with Crippen LogP contribution >= 0.6 is 0 Å². The number of hydrogen-bond donors (Lipinski definition) is 1. The van der Waals surface area contributed by atoms with E-state index in [-0.39, 0.29) is 6.04 Å². The first-order chi connectivity index (χ1) is 10.2. The van der Waals surface area contributed by atoms with Gasteiger partial charge in [-0.3, -0.25) is 0 Å². The molecule has 1 N–H and O–H groups in total. The Balaban J connectivity index is 1.63. The third-order valence-corrected chi connectivity index (χ3v) is 3.46. The summed E-state index contributed by atoms with van der Waals surface area (Å²) in [4.78, 5) is 0. The van der Waals surface area contributed by atoms with Gasteiger partial charge in [-0.1, -0.05) is 18.2 Å². The molecule has 0 saturated carbocycles. The zero-order valence-electron chi connectivity index (χ0n) is 12.3. The standard InChI is InChI=1S/C17H19N3O/c1-13-8-9-17(21-13)14(2)18-10-15-11-19-20(12-15)16-6-4-3-5-7-16/h3-9,11-12,14,18H,10H2,1-2H3. The SMILES string of the molecule is Cc1ccc(C(C)NCc2cnn(-c3ccccc3)c2)o1. The van der Waals surface area contributed by atoms with Crippen LogP contribution in [0.3, 0.4) is 0 Å². The molecule has 0 aliphatic carbocycles. The summed E-state index contributed by atoms with van der Waals surface area (Å²) >= 11 is 0. The van der Waals surface area contributed by atoms with Gasteiger partial charge in [-0.15, -0.1) is 0 Å². The second-order valence-electron chi connectivity index (χ2n) is 5.18. The van der Waals surface area contributed by atoms with Crippen LogP contribution in [0.15, 0.2) is 59.3 Å². The topological polar surface area (TPSA) is 43.0 Å². The van der Waals surface area contributed by atoms with Crippen molar-refractivity contribution in [3.05, 3.63) is 71.9 Å². The lowest BCUT2D eigenvalue weighted by Crippen LogP contribution is -2.17. The summed E-state index contributed by atoms with van der Waals surface area (Å²) in [6.07, 6.45) is 3.93. The minimum atomic E-state index is 0.179. The molecule has 2 aromatic heterocycles. The predicted octanol–water partition coefficient (Wildman–Crippen LogP) is 3.62. The maximum atomic E-state index is 5.62. The average molecular weight is 281 g/mol. The molecule has 108 valence electrons. The fourth-order valence-electron chi connectivity index (χ4n) is 2.23. The van der Waals surface area contributed by atoms with Crippen molar-refractivity contribution in [1.82, 2.24) is 15.1 Å². The van der Waals surface area contributed by atoms with E-state index in [4.69, 9.17) is 4.42 Å². The van der Waals surface area contributed by atoms with Gasteiger partial charge in [-0.05, 0) is 38.1 Å². The molecule has 3 aromatic rings. The molecule has 1 unspecified atom stereocenters. The van der Waals surface area contributed by atoms with Gasteiger partial charge in [0.15, 0.2) is 0 Å². The largest absolute Gasteiger partial charge is 0.465 e. The number of furan rings is 1. The minimum absolute atomic E-state index is 0.179. The Bertz CT molecular complexity index is 700. The third-order valence-electron chi connectivity index (χ3n) is 3.46. The molecular formula is C17H19N3O. The number of nitrogens with zero attached hydrogens (tertiary/aromatic N) is 2. The van der Waals surface area contributed by atoms with Crippen LogP contribution in [-0.4, -0.2) is 9.78 Å². The normalized spacial score (nSPS) is 12.5. The molecule has 3 rings (SSSR count). The van der Waals surface area contributed by atoms with Crippen molar-refractivity contribution >= 4 is 0 Å². The van der Waals surface area contributed by atoms with Gasteiger partial charge in [0, 0.05) is 18.3 Å². The highest BCUT2D eigenvalue weighted by Crippen LogP contribution is 2.16. The summed E-state index contributed by atoms with van der Waals surface area (Å²) in [6, 6.07) is 14.3. The number of rotatable bonds is 5. The van der Waals surface area contributed by atoms with Crippen molar-refractivity contribution in [1.29, 1.82) is 0 Å². The number of benzene rings is 1. The summed E-state index contributed by atoms with van der Waals surface area (Å²) in [5.41, 5.74) is 2.22. The van der Waals surface area contributed by atoms with Crippen LogP contribution in [0.4, 0.5) is 0 Å². The van der Waals surface area contributed by atoms with Crippen molar-refractivity contribution in [2.45, 2.75) is 26.4 Å². The van der Waals surface area contributed by atoms with Crippen LogP contribution < -0.4 is 5.32 Å². The van der Waals surface area contributed by atoms with Crippen molar-refractivity contribution in [2.24, 2.45) is 0 Å². The molecule has 0 spiro atoms. The lowest BCUT2D eigenvalue weighted by atomic mass is 10.2. The second kappa shape index (κ2) is 5.97. The fraction of sp³-hybridized carbons (Fsp3) is 0.235. The molecule has 4 nitrogen and oxygen atoms in total. The van der Waals surface area contributed by atoms with Crippen molar-refractivity contribution in [3.8, 4) is 5.69 Å². The fourth-order valence-corrected chi connectivity index (χ4v) is 2.23. The van der Waals surface area contributed by atoms with E-state index in [1.165, 1.54) is 0 Å². The van der Waals surface area contributed by atoms with Crippen LogP contribution in [0.25, 0.3) is 5.69 Å². The highest BCUT2D eigenvalue weighted by atomic mass is 16.3. The van der Waals surface area contributed by atoms with Crippen LogP contribution in [0.1, 0.15) is 30.0 Å². The number of nitrogens with one attached hydrogen (secondary N) is 1. The predicted molar refractivity (Wildman–Crippen MR) is 82.3 cm³/mol. The van der Waals surface area contributed by atoms with E-state index in [1.54, 1.807) is 0 Å². The van der Waals surface area contributed by atoms with Gasteiger partial charge in [-0.25, -0.2) is 4.68 Å². The number of aromatic nitrogens is 2. The average Bonchev–Trinajstić information content (AvgIpc) is 3.15. The Morgan fingerprint density at radius 1 is 1.19 bits per heavy atom. The van der Waals surface area contributed by atoms with Crippen LogP contribution in [-0.2, 0) is 6.54 Å². The van der Waals surface area contributed by atoms with Gasteiger partial charge in [-0.2, -0.15) is 5.10 Å². The third kappa shape index (κ3) is 3.23. The van der Waals surface area contributed by atoms with E-state index >= 15 is 0 Å².